The fourth-order valence-corrected chi connectivity index (χ4v) is 4.93. The Balaban J connectivity index is 2.04. The highest BCUT2D eigenvalue weighted by Gasteiger charge is 2.48. The van der Waals surface area contributed by atoms with E-state index < -0.39 is 51.2 Å². The maximum absolute atomic E-state index is 13.0. The number of anilines is 1. The average Bonchev–Trinajstić information content (AvgIpc) is 2.87. The van der Waals surface area contributed by atoms with Crippen molar-refractivity contribution in [1.29, 1.82) is 0 Å². The van der Waals surface area contributed by atoms with Crippen LogP contribution in [0.15, 0.2) is 23.1 Å². The summed E-state index contributed by atoms with van der Waals surface area (Å²) < 4.78 is 30.7. The van der Waals surface area contributed by atoms with Gasteiger partial charge in [0.05, 0.1) is 16.3 Å². The summed E-state index contributed by atoms with van der Waals surface area (Å²) in [4.78, 5) is 37.6. The first-order valence-corrected chi connectivity index (χ1v) is 9.96. The van der Waals surface area contributed by atoms with Crippen molar-refractivity contribution in [3.8, 4) is 0 Å². The first-order chi connectivity index (χ1) is 12.4. The number of sulfone groups is 1. The molecule has 0 bridgehead atoms. The standard InChI is InChI=1S/C17H20N2O7S/c1-17(2,3)26-16(23)18-10-8-27(24,25)12-6-4-5-9-7-11(15(21)22)19(13(9)12)14(10)20/h4-6,10-11H,7-8H2,1-3H3,(H,18,23)(H,21,22)/t10-,11+/m0/s1. The van der Waals surface area contributed by atoms with Crippen molar-refractivity contribution in [2.24, 2.45) is 0 Å². The molecule has 27 heavy (non-hydrogen) atoms. The summed E-state index contributed by atoms with van der Waals surface area (Å²) in [6.45, 7) is 4.88. The van der Waals surface area contributed by atoms with Gasteiger partial charge in [0.1, 0.15) is 17.7 Å². The third-order valence-corrected chi connectivity index (χ3v) is 6.05. The Bertz CT molecular complexity index is 933. The lowest BCUT2D eigenvalue weighted by atomic mass is 10.1. The molecule has 0 unspecified atom stereocenters. The summed E-state index contributed by atoms with van der Waals surface area (Å²) in [5.74, 6) is -2.72. The molecule has 2 heterocycles. The number of hydrogen-bond donors (Lipinski definition) is 2. The molecule has 3 rings (SSSR count). The minimum absolute atomic E-state index is 0.00107. The predicted molar refractivity (Wildman–Crippen MR) is 94.3 cm³/mol. The van der Waals surface area contributed by atoms with Crippen molar-refractivity contribution in [2.75, 3.05) is 10.7 Å². The fourth-order valence-electron chi connectivity index (χ4n) is 3.28. The monoisotopic (exact) mass is 396 g/mol. The first-order valence-electron chi connectivity index (χ1n) is 8.31. The Labute approximate surface area is 156 Å². The minimum atomic E-state index is -3.94. The molecule has 146 valence electrons. The van der Waals surface area contributed by atoms with Gasteiger partial charge in [0.15, 0.2) is 9.84 Å². The van der Waals surface area contributed by atoms with Crippen LogP contribution < -0.4 is 10.2 Å². The van der Waals surface area contributed by atoms with Crippen LogP contribution in [0.4, 0.5) is 10.5 Å². The molecule has 1 aromatic carbocycles. The first kappa shape index (κ1) is 19.2. The smallest absolute Gasteiger partial charge is 0.408 e. The molecule has 0 spiro atoms. The number of alkyl carbamates (subject to hydrolysis) is 1. The van der Waals surface area contributed by atoms with Crippen molar-refractivity contribution in [3.05, 3.63) is 23.8 Å². The summed E-state index contributed by atoms with van der Waals surface area (Å²) >= 11 is 0. The van der Waals surface area contributed by atoms with Crippen LogP contribution in [0.25, 0.3) is 0 Å². The predicted octanol–water partition coefficient (Wildman–Crippen LogP) is 0.709. The number of para-hydroxylation sites is 1. The molecule has 2 N–H and O–H groups in total. The summed E-state index contributed by atoms with van der Waals surface area (Å²) in [6.07, 6.45) is -0.952. The molecule has 2 aliphatic rings. The number of rotatable bonds is 2. The van der Waals surface area contributed by atoms with E-state index in [1.807, 2.05) is 0 Å². The molecular weight excluding hydrogens is 376 g/mol. The highest BCUT2D eigenvalue weighted by atomic mass is 32.2. The molecule has 0 fully saturated rings. The number of carboxylic acid groups (broad SMARTS) is 1. The zero-order valence-corrected chi connectivity index (χ0v) is 15.9. The van der Waals surface area contributed by atoms with Gasteiger partial charge in [-0.1, -0.05) is 12.1 Å². The SMILES string of the molecule is CC(C)(C)OC(=O)N[C@H]1CS(=O)(=O)c2cccc3c2N(C1=O)[C@@H](C(=O)O)C3. The van der Waals surface area contributed by atoms with Gasteiger partial charge >= 0.3 is 12.1 Å². The van der Waals surface area contributed by atoms with Crippen LogP contribution in [0.5, 0.6) is 0 Å². The van der Waals surface area contributed by atoms with E-state index in [1.54, 1.807) is 26.8 Å². The minimum Gasteiger partial charge on any atom is -0.480 e. The Morgan fingerprint density at radius 1 is 1.30 bits per heavy atom. The van der Waals surface area contributed by atoms with Gasteiger partial charge in [0, 0.05) is 6.42 Å². The summed E-state index contributed by atoms with van der Waals surface area (Å²) in [7, 11) is -3.94. The van der Waals surface area contributed by atoms with E-state index in [0.717, 1.165) is 4.90 Å². The third-order valence-electron chi connectivity index (χ3n) is 4.28. The Morgan fingerprint density at radius 3 is 2.56 bits per heavy atom. The number of benzene rings is 1. The zero-order chi connectivity index (χ0) is 20.1. The summed E-state index contributed by atoms with van der Waals surface area (Å²) in [5, 5.41) is 11.8. The molecule has 0 aromatic heterocycles. The van der Waals surface area contributed by atoms with Crippen LogP contribution in [0.1, 0.15) is 26.3 Å². The number of carboxylic acids is 1. The number of hydrogen-bond acceptors (Lipinski definition) is 6. The topological polar surface area (TPSA) is 130 Å². The Kier molecular flexibility index (Phi) is 4.41. The molecule has 1 aromatic rings. The number of nitrogens with zero attached hydrogens (tertiary/aromatic N) is 1. The second-order valence-electron chi connectivity index (χ2n) is 7.51. The maximum atomic E-state index is 13.0. The second kappa shape index (κ2) is 6.22. The molecule has 10 heteroatoms. The quantitative estimate of drug-likeness (QED) is 0.753. The third kappa shape index (κ3) is 3.48. The lowest BCUT2D eigenvalue weighted by molar-refractivity contribution is -0.140. The molecule has 2 aliphatic heterocycles. The normalized spacial score (nSPS) is 23.4. The van der Waals surface area contributed by atoms with Crippen LogP contribution in [0.3, 0.4) is 0 Å². The van der Waals surface area contributed by atoms with Crippen LogP contribution in [-0.2, 0) is 30.6 Å². The van der Waals surface area contributed by atoms with Gasteiger partial charge in [-0.2, -0.15) is 0 Å². The Hall–Kier alpha value is -2.62. The number of amides is 2. The van der Waals surface area contributed by atoms with Crippen molar-refractivity contribution < 1.29 is 32.6 Å². The average molecular weight is 396 g/mol. The van der Waals surface area contributed by atoms with E-state index in [9.17, 15) is 27.9 Å². The fraction of sp³-hybridized carbons (Fsp3) is 0.471. The number of carbonyl (C=O) groups excluding carboxylic acids is 2. The molecular formula is C17H20N2O7S. The van der Waals surface area contributed by atoms with E-state index in [1.165, 1.54) is 12.1 Å². The van der Waals surface area contributed by atoms with Crippen molar-refractivity contribution in [3.63, 3.8) is 0 Å². The number of ether oxygens (including phenoxy) is 1. The van der Waals surface area contributed by atoms with E-state index in [2.05, 4.69) is 5.32 Å². The molecule has 0 saturated heterocycles. The van der Waals surface area contributed by atoms with Gasteiger partial charge < -0.3 is 15.2 Å². The molecule has 0 saturated carbocycles. The van der Waals surface area contributed by atoms with Gasteiger partial charge in [-0.3, -0.25) is 9.69 Å². The van der Waals surface area contributed by atoms with Crippen LogP contribution in [0.2, 0.25) is 0 Å². The molecule has 2 amide bonds. The lowest BCUT2D eigenvalue weighted by Crippen LogP contribution is -2.54. The van der Waals surface area contributed by atoms with Crippen LogP contribution in [-0.4, -0.2) is 54.9 Å². The summed E-state index contributed by atoms with van der Waals surface area (Å²) in [6, 6.07) is 1.77. The van der Waals surface area contributed by atoms with E-state index in [-0.39, 0.29) is 17.0 Å². The van der Waals surface area contributed by atoms with E-state index in [0.29, 0.717) is 5.56 Å². The van der Waals surface area contributed by atoms with E-state index >= 15 is 0 Å². The Morgan fingerprint density at radius 2 is 1.96 bits per heavy atom. The second-order valence-corrected chi connectivity index (χ2v) is 9.51. The molecule has 2 atom stereocenters. The summed E-state index contributed by atoms with van der Waals surface area (Å²) in [5.41, 5.74) is -0.289. The molecule has 9 nitrogen and oxygen atoms in total. The van der Waals surface area contributed by atoms with Crippen molar-refractivity contribution in [1.82, 2.24) is 5.32 Å². The highest BCUT2D eigenvalue weighted by Crippen LogP contribution is 2.40. The zero-order valence-electron chi connectivity index (χ0n) is 15.1. The van der Waals surface area contributed by atoms with Gasteiger partial charge in [-0.25, -0.2) is 18.0 Å². The number of carbonyl (C=O) groups is 3. The van der Waals surface area contributed by atoms with Gasteiger partial charge in [-0.15, -0.1) is 0 Å². The van der Waals surface area contributed by atoms with Gasteiger partial charge in [0.2, 0.25) is 0 Å². The van der Waals surface area contributed by atoms with E-state index in [4.69, 9.17) is 4.74 Å². The number of aliphatic carboxylic acids is 1. The van der Waals surface area contributed by atoms with Crippen LogP contribution >= 0.6 is 0 Å². The van der Waals surface area contributed by atoms with Crippen molar-refractivity contribution >= 4 is 33.5 Å². The molecule has 0 aliphatic carbocycles. The molecule has 0 radical (unpaired) electrons. The maximum Gasteiger partial charge on any atom is 0.408 e. The lowest BCUT2D eigenvalue weighted by Gasteiger charge is -2.26. The van der Waals surface area contributed by atoms with Crippen molar-refractivity contribution in [2.45, 2.75) is 49.8 Å². The van der Waals surface area contributed by atoms with Gasteiger partial charge in [0.25, 0.3) is 5.91 Å². The van der Waals surface area contributed by atoms with Gasteiger partial charge in [-0.05, 0) is 32.4 Å². The number of nitrogens with one attached hydrogen (secondary N) is 1. The van der Waals surface area contributed by atoms with Crippen LogP contribution in [0, 0.1) is 0 Å². The largest absolute Gasteiger partial charge is 0.480 e. The highest BCUT2D eigenvalue weighted by molar-refractivity contribution is 7.91.